The molecule has 5 heteroatoms. The predicted molar refractivity (Wildman–Crippen MR) is 34.2 cm³/mol. The highest BCUT2D eigenvalue weighted by Crippen LogP contribution is 2.05. The topological polar surface area (TPSA) is 75.1 Å². The van der Waals surface area contributed by atoms with E-state index in [1.165, 1.54) is 13.2 Å². The van der Waals surface area contributed by atoms with Crippen molar-refractivity contribution in [2.24, 2.45) is 0 Å². The van der Waals surface area contributed by atoms with Gasteiger partial charge < -0.3 is 15.7 Å². The zero-order valence-corrected chi connectivity index (χ0v) is 5.44. The Morgan fingerprint density at radius 3 is 3.00 bits per heavy atom. The SMILES string of the molecule is COc1cc(N)c[n+]([O-])n1. The standard InChI is InChI=1S/C5H7N3O2/c1-10-5-2-4(6)3-8(9)7-5/h2-3H,6H2,1H3. The van der Waals surface area contributed by atoms with Gasteiger partial charge in [0.2, 0.25) is 6.20 Å². The first-order valence-electron chi connectivity index (χ1n) is 2.63. The first-order chi connectivity index (χ1) is 4.72. The largest absolute Gasteiger partial charge is 0.594 e. The number of nitrogens with zero attached hydrogens (tertiary/aromatic N) is 2. The molecule has 0 fully saturated rings. The lowest BCUT2D eigenvalue weighted by molar-refractivity contribution is -0.669. The third kappa shape index (κ3) is 1.25. The minimum absolute atomic E-state index is 0.218. The van der Waals surface area contributed by atoms with Crippen LogP contribution >= 0.6 is 0 Å². The summed E-state index contributed by atoms with van der Waals surface area (Å²) in [6, 6.07) is 1.47. The molecule has 0 saturated carbocycles. The van der Waals surface area contributed by atoms with Crippen LogP contribution in [-0.4, -0.2) is 12.2 Å². The maximum atomic E-state index is 10.5. The van der Waals surface area contributed by atoms with Crippen molar-refractivity contribution in [3.8, 4) is 5.88 Å². The van der Waals surface area contributed by atoms with Gasteiger partial charge in [0.1, 0.15) is 5.69 Å². The van der Waals surface area contributed by atoms with Crippen molar-refractivity contribution in [2.45, 2.75) is 0 Å². The highest BCUT2D eigenvalue weighted by Gasteiger charge is 2.00. The lowest BCUT2D eigenvalue weighted by Crippen LogP contribution is -2.30. The number of anilines is 1. The summed E-state index contributed by atoms with van der Waals surface area (Å²) in [4.78, 5) is 0.355. The lowest BCUT2D eigenvalue weighted by Gasteiger charge is -1.97. The summed E-state index contributed by atoms with van der Waals surface area (Å²) in [6.45, 7) is 0. The molecule has 0 aliphatic heterocycles. The van der Waals surface area contributed by atoms with E-state index in [0.717, 1.165) is 6.20 Å². The van der Waals surface area contributed by atoms with Gasteiger partial charge in [0, 0.05) is 6.07 Å². The molecule has 1 rings (SSSR count). The summed E-state index contributed by atoms with van der Waals surface area (Å²) in [5.41, 5.74) is 5.63. The molecule has 0 bridgehead atoms. The number of nitrogen functional groups attached to an aromatic ring is 1. The van der Waals surface area contributed by atoms with Crippen LogP contribution in [0.2, 0.25) is 0 Å². The summed E-state index contributed by atoms with van der Waals surface area (Å²) >= 11 is 0. The van der Waals surface area contributed by atoms with Gasteiger partial charge in [-0.25, -0.2) is 0 Å². The number of aromatic nitrogens is 2. The van der Waals surface area contributed by atoms with E-state index in [9.17, 15) is 5.21 Å². The fourth-order valence-corrected chi connectivity index (χ4v) is 0.562. The number of methoxy groups -OCH3 is 1. The molecule has 2 N–H and O–H groups in total. The van der Waals surface area contributed by atoms with Gasteiger partial charge in [-0.2, -0.15) is 0 Å². The van der Waals surface area contributed by atoms with Crippen LogP contribution in [0.4, 0.5) is 5.69 Å². The van der Waals surface area contributed by atoms with Crippen LogP contribution < -0.4 is 15.3 Å². The molecule has 1 heterocycles. The maximum absolute atomic E-state index is 10.5. The first-order valence-corrected chi connectivity index (χ1v) is 2.63. The summed E-state index contributed by atoms with van der Waals surface area (Å²) in [5, 5.41) is 13.9. The highest BCUT2D eigenvalue weighted by molar-refractivity contribution is 5.35. The van der Waals surface area contributed by atoms with Gasteiger partial charge in [-0.15, -0.1) is 0 Å². The Morgan fingerprint density at radius 1 is 1.80 bits per heavy atom. The minimum atomic E-state index is 0.218. The molecule has 0 unspecified atom stereocenters. The van der Waals surface area contributed by atoms with Crippen LogP contribution in [0, 0.1) is 5.21 Å². The molecule has 54 valence electrons. The smallest absolute Gasteiger partial charge is 0.282 e. The molecule has 0 radical (unpaired) electrons. The zero-order valence-electron chi connectivity index (χ0n) is 5.44. The molecule has 0 atom stereocenters. The van der Waals surface area contributed by atoms with Gasteiger partial charge in [-0.1, -0.05) is 4.85 Å². The third-order valence-corrected chi connectivity index (χ3v) is 0.956. The molecule has 0 aliphatic rings. The molecule has 0 aliphatic carbocycles. The van der Waals surface area contributed by atoms with Gasteiger partial charge >= 0.3 is 0 Å². The number of rotatable bonds is 1. The van der Waals surface area contributed by atoms with E-state index in [-0.39, 0.29) is 5.88 Å². The Bertz CT molecular complexity index is 218. The molecular weight excluding hydrogens is 134 g/mol. The second-order valence-corrected chi connectivity index (χ2v) is 1.72. The molecule has 10 heavy (non-hydrogen) atoms. The van der Waals surface area contributed by atoms with E-state index >= 15 is 0 Å². The summed E-state index contributed by atoms with van der Waals surface area (Å²) in [6.07, 6.45) is 1.16. The van der Waals surface area contributed by atoms with E-state index < -0.39 is 0 Å². The summed E-state index contributed by atoms with van der Waals surface area (Å²) in [5.74, 6) is 0.218. The van der Waals surface area contributed by atoms with E-state index in [4.69, 9.17) is 5.73 Å². The molecule has 0 spiro atoms. The predicted octanol–water partition coefficient (Wildman–Crippen LogP) is -0.694. The van der Waals surface area contributed by atoms with E-state index in [2.05, 4.69) is 9.84 Å². The molecule has 5 nitrogen and oxygen atoms in total. The molecule has 1 aromatic rings. The minimum Gasteiger partial charge on any atom is -0.594 e. The van der Waals surface area contributed by atoms with E-state index in [1.807, 2.05) is 0 Å². The first kappa shape index (κ1) is 6.60. The molecule has 0 saturated heterocycles. The fourth-order valence-electron chi connectivity index (χ4n) is 0.562. The van der Waals surface area contributed by atoms with Crippen molar-refractivity contribution in [2.75, 3.05) is 12.8 Å². The van der Waals surface area contributed by atoms with Crippen molar-refractivity contribution in [3.05, 3.63) is 17.5 Å². The number of hydrogen-bond donors (Lipinski definition) is 1. The summed E-state index contributed by atoms with van der Waals surface area (Å²) in [7, 11) is 1.42. The monoisotopic (exact) mass is 141 g/mol. The van der Waals surface area contributed by atoms with E-state index in [0.29, 0.717) is 10.5 Å². The van der Waals surface area contributed by atoms with Crippen LogP contribution in [0.5, 0.6) is 5.88 Å². The van der Waals surface area contributed by atoms with Gasteiger partial charge in [0.25, 0.3) is 5.88 Å². The Morgan fingerprint density at radius 2 is 2.50 bits per heavy atom. The zero-order chi connectivity index (χ0) is 7.56. The Labute approximate surface area is 57.6 Å². The average molecular weight is 141 g/mol. The van der Waals surface area contributed by atoms with Crippen LogP contribution in [-0.2, 0) is 0 Å². The molecular formula is C5H7N3O2. The number of nitrogens with two attached hydrogens (primary N) is 1. The average Bonchev–Trinajstić information content (AvgIpc) is 1.85. The van der Waals surface area contributed by atoms with Crippen LogP contribution in [0.3, 0.4) is 0 Å². The second kappa shape index (κ2) is 2.38. The fraction of sp³-hybridized carbons (Fsp3) is 0.200. The Balaban J connectivity index is 3.06. The number of hydrogen-bond acceptors (Lipinski definition) is 4. The summed E-state index contributed by atoms with van der Waals surface area (Å²) < 4.78 is 4.66. The number of ether oxygens (including phenoxy) is 1. The Kier molecular flexibility index (Phi) is 1.57. The van der Waals surface area contributed by atoms with Gasteiger partial charge in [0.05, 0.1) is 12.2 Å². The second-order valence-electron chi connectivity index (χ2n) is 1.72. The molecule has 0 aromatic carbocycles. The van der Waals surface area contributed by atoms with Crippen molar-refractivity contribution < 1.29 is 9.58 Å². The molecule has 1 aromatic heterocycles. The lowest BCUT2D eigenvalue weighted by atomic mass is 10.5. The van der Waals surface area contributed by atoms with Gasteiger partial charge in [0.15, 0.2) is 0 Å². The van der Waals surface area contributed by atoms with Crippen molar-refractivity contribution >= 4 is 5.69 Å². The quantitative estimate of drug-likeness (QED) is 0.414. The normalized spacial score (nSPS) is 9.30. The van der Waals surface area contributed by atoms with Crippen LogP contribution in [0.25, 0.3) is 0 Å². The van der Waals surface area contributed by atoms with Gasteiger partial charge in [-0.3, -0.25) is 0 Å². The molecule has 0 amide bonds. The van der Waals surface area contributed by atoms with Crippen LogP contribution in [0.15, 0.2) is 12.3 Å². The van der Waals surface area contributed by atoms with Crippen molar-refractivity contribution in [1.82, 2.24) is 5.10 Å². The van der Waals surface area contributed by atoms with Gasteiger partial charge in [-0.05, 0) is 0 Å². The third-order valence-electron chi connectivity index (χ3n) is 0.956. The Hall–Kier alpha value is -1.52. The highest BCUT2D eigenvalue weighted by atomic mass is 16.5. The van der Waals surface area contributed by atoms with E-state index in [1.54, 1.807) is 0 Å². The van der Waals surface area contributed by atoms with Crippen LogP contribution in [0.1, 0.15) is 0 Å². The van der Waals surface area contributed by atoms with Crippen molar-refractivity contribution in [3.63, 3.8) is 0 Å². The maximum Gasteiger partial charge on any atom is 0.282 e. The van der Waals surface area contributed by atoms with Crippen molar-refractivity contribution in [1.29, 1.82) is 0 Å².